The van der Waals surface area contributed by atoms with Crippen LogP contribution >= 0.6 is 0 Å². The van der Waals surface area contributed by atoms with Crippen molar-refractivity contribution in [3.05, 3.63) is 60.4 Å². The van der Waals surface area contributed by atoms with E-state index in [0.717, 1.165) is 17.2 Å². The SMILES string of the molecule is Cc1cccc(OCC(=O)NCCNc2cc(-n3ccnc3C)ncn2)c1. The van der Waals surface area contributed by atoms with Gasteiger partial charge in [0.05, 0.1) is 0 Å². The van der Waals surface area contributed by atoms with Crippen molar-refractivity contribution >= 4 is 11.7 Å². The van der Waals surface area contributed by atoms with Gasteiger partial charge in [0, 0.05) is 31.5 Å². The zero-order valence-corrected chi connectivity index (χ0v) is 15.3. The second kappa shape index (κ2) is 8.79. The van der Waals surface area contributed by atoms with Gasteiger partial charge in [-0.25, -0.2) is 15.0 Å². The Balaban J connectivity index is 1.41. The molecule has 8 heteroatoms. The molecule has 0 unspecified atom stereocenters. The van der Waals surface area contributed by atoms with Crippen LogP contribution in [0.1, 0.15) is 11.4 Å². The summed E-state index contributed by atoms with van der Waals surface area (Å²) in [6.45, 7) is 4.87. The van der Waals surface area contributed by atoms with E-state index in [1.54, 1.807) is 6.20 Å². The average molecular weight is 366 g/mol. The fourth-order valence-corrected chi connectivity index (χ4v) is 2.49. The third kappa shape index (κ3) is 5.27. The van der Waals surface area contributed by atoms with Crippen molar-refractivity contribution in [2.75, 3.05) is 25.0 Å². The molecular formula is C19H22N6O2. The number of carbonyl (C=O) groups is 1. The molecule has 1 amide bonds. The van der Waals surface area contributed by atoms with Crippen molar-refractivity contribution in [1.82, 2.24) is 24.8 Å². The number of aryl methyl sites for hydroxylation is 2. The normalized spacial score (nSPS) is 10.4. The molecular weight excluding hydrogens is 344 g/mol. The molecule has 3 aromatic rings. The van der Waals surface area contributed by atoms with Crippen molar-refractivity contribution in [3.63, 3.8) is 0 Å². The third-order valence-electron chi connectivity index (χ3n) is 3.84. The lowest BCUT2D eigenvalue weighted by Gasteiger charge is -2.10. The topological polar surface area (TPSA) is 94.0 Å². The van der Waals surface area contributed by atoms with Crippen LogP contribution < -0.4 is 15.4 Å². The Hall–Kier alpha value is -3.42. The Morgan fingerprint density at radius 3 is 2.81 bits per heavy atom. The molecule has 0 aliphatic carbocycles. The summed E-state index contributed by atoms with van der Waals surface area (Å²) in [5.74, 6) is 2.78. The summed E-state index contributed by atoms with van der Waals surface area (Å²) in [6, 6.07) is 9.43. The summed E-state index contributed by atoms with van der Waals surface area (Å²) >= 11 is 0. The minimum atomic E-state index is -0.171. The minimum absolute atomic E-state index is 0.0129. The summed E-state index contributed by atoms with van der Waals surface area (Å²) < 4.78 is 7.34. The molecule has 2 N–H and O–H groups in total. The molecule has 27 heavy (non-hydrogen) atoms. The number of amides is 1. The fraction of sp³-hybridized carbons (Fsp3) is 0.263. The maximum atomic E-state index is 11.9. The molecule has 0 spiro atoms. The van der Waals surface area contributed by atoms with E-state index < -0.39 is 0 Å². The van der Waals surface area contributed by atoms with Gasteiger partial charge in [0.1, 0.15) is 29.5 Å². The van der Waals surface area contributed by atoms with Gasteiger partial charge in [-0.15, -0.1) is 0 Å². The third-order valence-corrected chi connectivity index (χ3v) is 3.84. The van der Waals surface area contributed by atoms with E-state index in [1.165, 1.54) is 6.33 Å². The first-order chi connectivity index (χ1) is 13.1. The monoisotopic (exact) mass is 366 g/mol. The van der Waals surface area contributed by atoms with Gasteiger partial charge in [0.25, 0.3) is 5.91 Å². The number of carbonyl (C=O) groups excluding carboxylic acids is 1. The molecule has 2 heterocycles. The summed E-state index contributed by atoms with van der Waals surface area (Å²) in [5, 5.41) is 5.97. The average Bonchev–Trinajstić information content (AvgIpc) is 3.10. The first-order valence-electron chi connectivity index (χ1n) is 8.64. The molecule has 8 nitrogen and oxygen atoms in total. The van der Waals surface area contributed by atoms with Gasteiger partial charge >= 0.3 is 0 Å². The number of nitrogens with zero attached hydrogens (tertiary/aromatic N) is 4. The van der Waals surface area contributed by atoms with Gasteiger partial charge in [0.15, 0.2) is 6.61 Å². The zero-order chi connectivity index (χ0) is 19.1. The Morgan fingerprint density at radius 1 is 1.15 bits per heavy atom. The number of ether oxygens (including phenoxy) is 1. The number of aromatic nitrogens is 4. The van der Waals surface area contributed by atoms with Crippen LogP contribution in [-0.4, -0.2) is 45.1 Å². The molecule has 140 valence electrons. The lowest BCUT2D eigenvalue weighted by molar-refractivity contribution is -0.123. The molecule has 1 aromatic carbocycles. The van der Waals surface area contributed by atoms with Crippen LogP contribution in [-0.2, 0) is 4.79 Å². The van der Waals surface area contributed by atoms with E-state index in [0.29, 0.717) is 24.7 Å². The van der Waals surface area contributed by atoms with E-state index in [2.05, 4.69) is 25.6 Å². The highest BCUT2D eigenvalue weighted by Gasteiger charge is 2.05. The Bertz CT molecular complexity index is 908. The van der Waals surface area contributed by atoms with E-state index in [-0.39, 0.29) is 12.5 Å². The highest BCUT2D eigenvalue weighted by molar-refractivity contribution is 5.77. The quantitative estimate of drug-likeness (QED) is 0.591. The van der Waals surface area contributed by atoms with Gasteiger partial charge in [-0.05, 0) is 31.5 Å². The standard InChI is InChI=1S/C19H22N6O2/c1-14-4-3-5-16(10-14)27-12-19(26)22-7-6-21-17-11-18(24-13-23-17)25-9-8-20-15(25)2/h3-5,8-11,13H,6-7,12H2,1-2H3,(H,22,26)(H,21,23,24). The van der Waals surface area contributed by atoms with Crippen LogP contribution in [0.25, 0.3) is 5.82 Å². The number of nitrogens with one attached hydrogen (secondary N) is 2. The van der Waals surface area contributed by atoms with E-state index in [9.17, 15) is 4.79 Å². The van der Waals surface area contributed by atoms with E-state index in [4.69, 9.17) is 4.74 Å². The second-order valence-electron chi connectivity index (χ2n) is 5.99. The Kier molecular flexibility index (Phi) is 5.98. The van der Waals surface area contributed by atoms with Crippen LogP contribution in [0, 0.1) is 13.8 Å². The van der Waals surface area contributed by atoms with Gasteiger partial charge in [0.2, 0.25) is 0 Å². The molecule has 3 rings (SSSR count). The number of anilines is 1. The Labute approximate surface area is 157 Å². The van der Waals surface area contributed by atoms with Crippen molar-refractivity contribution in [2.45, 2.75) is 13.8 Å². The molecule has 0 fully saturated rings. The maximum absolute atomic E-state index is 11.9. The lowest BCUT2D eigenvalue weighted by atomic mass is 10.2. The number of benzene rings is 1. The minimum Gasteiger partial charge on any atom is -0.484 e. The van der Waals surface area contributed by atoms with Gasteiger partial charge in [-0.1, -0.05) is 12.1 Å². The molecule has 0 saturated heterocycles. The first-order valence-corrected chi connectivity index (χ1v) is 8.64. The molecule has 0 aliphatic rings. The van der Waals surface area contributed by atoms with Crippen LogP contribution in [0.3, 0.4) is 0 Å². The molecule has 0 radical (unpaired) electrons. The molecule has 0 aliphatic heterocycles. The van der Waals surface area contributed by atoms with Gasteiger partial charge in [-0.2, -0.15) is 0 Å². The zero-order valence-electron chi connectivity index (χ0n) is 15.3. The van der Waals surface area contributed by atoms with Gasteiger partial charge in [-0.3, -0.25) is 9.36 Å². The Morgan fingerprint density at radius 2 is 2.04 bits per heavy atom. The predicted octanol–water partition coefficient (Wildman–Crippen LogP) is 1.89. The predicted molar refractivity (Wildman–Crippen MR) is 102 cm³/mol. The van der Waals surface area contributed by atoms with Crippen LogP contribution in [0.5, 0.6) is 5.75 Å². The number of hydrogen-bond acceptors (Lipinski definition) is 6. The van der Waals surface area contributed by atoms with Crippen molar-refractivity contribution in [3.8, 4) is 11.6 Å². The van der Waals surface area contributed by atoms with Crippen molar-refractivity contribution in [1.29, 1.82) is 0 Å². The number of rotatable bonds is 8. The highest BCUT2D eigenvalue weighted by atomic mass is 16.5. The van der Waals surface area contributed by atoms with Crippen molar-refractivity contribution in [2.24, 2.45) is 0 Å². The largest absolute Gasteiger partial charge is 0.484 e. The first kappa shape index (κ1) is 18.4. The van der Waals surface area contributed by atoms with Crippen molar-refractivity contribution < 1.29 is 9.53 Å². The number of hydrogen-bond donors (Lipinski definition) is 2. The maximum Gasteiger partial charge on any atom is 0.258 e. The molecule has 0 atom stereocenters. The second-order valence-corrected chi connectivity index (χ2v) is 5.99. The summed E-state index contributed by atoms with van der Waals surface area (Å²) in [7, 11) is 0. The lowest BCUT2D eigenvalue weighted by Crippen LogP contribution is -2.32. The van der Waals surface area contributed by atoms with Crippen LogP contribution in [0.15, 0.2) is 49.1 Å². The van der Waals surface area contributed by atoms with E-state index in [1.807, 2.05) is 54.9 Å². The van der Waals surface area contributed by atoms with E-state index >= 15 is 0 Å². The number of imidazole rings is 1. The highest BCUT2D eigenvalue weighted by Crippen LogP contribution is 2.12. The summed E-state index contributed by atoms with van der Waals surface area (Å²) in [4.78, 5) is 24.5. The summed E-state index contributed by atoms with van der Waals surface area (Å²) in [5.41, 5.74) is 1.09. The summed E-state index contributed by atoms with van der Waals surface area (Å²) in [6.07, 6.45) is 5.06. The van der Waals surface area contributed by atoms with Crippen LogP contribution in [0.4, 0.5) is 5.82 Å². The molecule has 2 aromatic heterocycles. The van der Waals surface area contributed by atoms with Crippen LogP contribution in [0.2, 0.25) is 0 Å². The smallest absolute Gasteiger partial charge is 0.258 e. The molecule has 0 saturated carbocycles. The fourth-order valence-electron chi connectivity index (χ4n) is 2.49. The van der Waals surface area contributed by atoms with Gasteiger partial charge < -0.3 is 15.4 Å². The molecule has 0 bridgehead atoms.